The van der Waals surface area contributed by atoms with Crippen molar-refractivity contribution in [2.45, 2.75) is 116 Å². The van der Waals surface area contributed by atoms with Crippen molar-refractivity contribution in [3.8, 4) is 6.07 Å². The summed E-state index contributed by atoms with van der Waals surface area (Å²) in [6, 6.07) is 2.56. The number of nitrogens with zero attached hydrogens (tertiary/aromatic N) is 1. The van der Waals surface area contributed by atoms with Crippen LogP contribution in [0.4, 0.5) is 0 Å². The number of fused-ring (bicyclic) bond motifs is 3. The Balaban J connectivity index is 1.32. The first-order valence-corrected chi connectivity index (χ1v) is 12.2. The van der Waals surface area contributed by atoms with Gasteiger partial charge in [-0.3, -0.25) is 0 Å². The average Bonchev–Trinajstić information content (AvgIpc) is 2.69. The first kappa shape index (κ1) is 20.2. The lowest BCUT2D eigenvalue weighted by Crippen LogP contribution is -2.41. The molecule has 0 heterocycles. The van der Waals surface area contributed by atoms with E-state index >= 15 is 0 Å². The maximum absolute atomic E-state index is 9.27. The summed E-state index contributed by atoms with van der Waals surface area (Å²) in [5.74, 6) is 5.39. The Morgan fingerprint density at radius 3 is 2.00 bits per heavy atom. The van der Waals surface area contributed by atoms with E-state index < -0.39 is 0 Å². The van der Waals surface area contributed by atoms with Gasteiger partial charge >= 0.3 is 0 Å². The van der Waals surface area contributed by atoms with Crippen LogP contribution in [0.25, 0.3) is 0 Å². The molecule has 0 aliphatic heterocycles. The van der Waals surface area contributed by atoms with Crippen LogP contribution in [0, 0.1) is 46.8 Å². The average molecular weight is 358 g/mol. The van der Waals surface area contributed by atoms with Gasteiger partial charge in [-0.25, -0.2) is 0 Å². The van der Waals surface area contributed by atoms with Crippen LogP contribution >= 0.6 is 0 Å². The highest BCUT2D eigenvalue weighted by atomic mass is 14.5. The van der Waals surface area contributed by atoms with Crippen LogP contribution in [0.15, 0.2) is 0 Å². The molecule has 1 nitrogen and oxygen atoms in total. The van der Waals surface area contributed by atoms with Gasteiger partial charge in [-0.05, 0) is 74.5 Å². The van der Waals surface area contributed by atoms with Gasteiger partial charge in [0.1, 0.15) is 0 Å². The molecule has 0 aromatic heterocycles. The highest BCUT2D eigenvalue weighted by molar-refractivity contribution is 4.98. The zero-order valence-corrected chi connectivity index (χ0v) is 17.4. The molecule has 3 fully saturated rings. The molecule has 0 saturated heterocycles. The quantitative estimate of drug-likeness (QED) is 0.385. The molecule has 0 aromatic carbocycles. The predicted octanol–water partition coefficient (Wildman–Crippen LogP) is 7.90. The predicted molar refractivity (Wildman–Crippen MR) is 111 cm³/mol. The zero-order chi connectivity index (χ0) is 18.2. The lowest BCUT2D eigenvalue weighted by molar-refractivity contribution is 0.00278. The molecule has 6 atom stereocenters. The number of hydrogen-bond acceptors (Lipinski definition) is 1. The standard InChI is InChI=1S/C25H43N/c1-2-3-4-5-6-7-8-9-10-20-11-15-24-22(17-20)13-14-23-18-21(19-26)12-16-25(23)24/h20-25H,2-18H2,1H3. The Kier molecular flexibility index (Phi) is 8.35. The molecule has 0 spiro atoms. The van der Waals surface area contributed by atoms with E-state index in [2.05, 4.69) is 13.0 Å². The van der Waals surface area contributed by atoms with Gasteiger partial charge in [-0.15, -0.1) is 0 Å². The molecule has 0 radical (unpaired) electrons. The van der Waals surface area contributed by atoms with Crippen molar-refractivity contribution in [3.63, 3.8) is 0 Å². The Morgan fingerprint density at radius 2 is 1.31 bits per heavy atom. The SMILES string of the molecule is CCCCCCCCCCC1CCC2C(CCC3CC(C#N)CCC32)C1. The molecule has 0 aromatic rings. The van der Waals surface area contributed by atoms with Crippen molar-refractivity contribution in [3.05, 3.63) is 0 Å². The van der Waals surface area contributed by atoms with Crippen LogP contribution in [-0.2, 0) is 0 Å². The smallest absolute Gasteiger partial charge is 0.0655 e. The van der Waals surface area contributed by atoms with Gasteiger partial charge in [-0.2, -0.15) is 5.26 Å². The maximum atomic E-state index is 9.27. The van der Waals surface area contributed by atoms with E-state index in [9.17, 15) is 5.26 Å². The summed E-state index contributed by atoms with van der Waals surface area (Å²) in [6.45, 7) is 2.30. The topological polar surface area (TPSA) is 23.8 Å². The third-order valence-electron chi connectivity index (χ3n) is 8.30. The van der Waals surface area contributed by atoms with E-state index in [0.29, 0.717) is 5.92 Å². The molecule has 148 valence electrons. The van der Waals surface area contributed by atoms with Crippen LogP contribution in [-0.4, -0.2) is 0 Å². The Bertz CT molecular complexity index is 436. The van der Waals surface area contributed by atoms with E-state index in [1.54, 1.807) is 6.42 Å². The second-order valence-corrected chi connectivity index (χ2v) is 10.0. The van der Waals surface area contributed by atoms with Crippen molar-refractivity contribution < 1.29 is 0 Å². The second kappa shape index (κ2) is 10.7. The van der Waals surface area contributed by atoms with Crippen molar-refractivity contribution in [2.24, 2.45) is 35.5 Å². The lowest BCUT2D eigenvalue weighted by Gasteiger charge is -2.50. The molecular formula is C25H43N. The molecule has 3 rings (SSSR count). The van der Waals surface area contributed by atoms with Gasteiger partial charge in [0, 0.05) is 5.92 Å². The van der Waals surface area contributed by atoms with Crippen LogP contribution in [0.2, 0.25) is 0 Å². The van der Waals surface area contributed by atoms with Crippen molar-refractivity contribution >= 4 is 0 Å². The monoisotopic (exact) mass is 357 g/mol. The molecule has 0 amide bonds. The molecular weight excluding hydrogens is 314 g/mol. The number of nitriles is 1. The van der Waals surface area contributed by atoms with Gasteiger partial charge in [-0.1, -0.05) is 71.1 Å². The van der Waals surface area contributed by atoms with E-state index in [4.69, 9.17) is 0 Å². The number of rotatable bonds is 9. The van der Waals surface area contributed by atoms with Crippen LogP contribution in [0.5, 0.6) is 0 Å². The summed E-state index contributed by atoms with van der Waals surface area (Å²) in [6.07, 6.45) is 24.5. The van der Waals surface area contributed by atoms with Crippen molar-refractivity contribution in [1.82, 2.24) is 0 Å². The Hall–Kier alpha value is -0.510. The first-order valence-electron chi connectivity index (χ1n) is 12.2. The minimum absolute atomic E-state index is 0.381. The van der Waals surface area contributed by atoms with Crippen LogP contribution < -0.4 is 0 Å². The largest absolute Gasteiger partial charge is 0.198 e. The van der Waals surface area contributed by atoms with Gasteiger partial charge < -0.3 is 0 Å². The summed E-state index contributed by atoms with van der Waals surface area (Å²) in [5.41, 5.74) is 0. The molecule has 0 bridgehead atoms. The summed E-state index contributed by atoms with van der Waals surface area (Å²) in [5, 5.41) is 9.27. The summed E-state index contributed by atoms with van der Waals surface area (Å²) >= 11 is 0. The summed E-state index contributed by atoms with van der Waals surface area (Å²) < 4.78 is 0. The minimum atomic E-state index is 0.381. The van der Waals surface area contributed by atoms with Gasteiger partial charge in [0.15, 0.2) is 0 Å². The Labute approximate surface area is 163 Å². The van der Waals surface area contributed by atoms with Crippen LogP contribution in [0.3, 0.4) is 0 Å². The highest BCUT2D eigenvalue weighted by Crippen LogP contribution is 2.53. The molecule has 3 saturated carbocycles. The molecule has 1 heteroatoms. The van der Waals surface area contributed by atoms with E-state index in [1.165, 1.54) is 103 Å². The van der Waals surface area contributed by atoms with Gasteiger partial charge in [0.2, 0.25) is 0 Å². The lowest BCUT2D eigenvalue weighted by atomic mass is 9.55. The molecule has 3 aliphatic rings. The molecule has 3 aliphatic carbocycles. The van der Waals surface area contributed by atoms with Gasteiger partial charge in [0.05, 0.1) is 6.07 Å². The third-order valence-corrected chi connectivity index (χ3v) is 8.30. The maximum Gasteiger partial charge on any atom is 0.0655 e. The fourth-order valence-corrected chi connectivity index (χ4v) is 6.84. The van der Waals surface area contributed by atoms with Crippen molar-refractivity contribution in [1.29, 1.82) is 5.26 Å². The van der Waals surface area contributed by atoms with Crippen LogP contribution in [0.1, 0.15) is 116 Å². The fourth-order valence-electron chi connectivity index (χ4n) is 6.84. The minimum Gasteiger partial charge on any atom is -0.198 e. The second-order valence-electron chi connectivity index (χ2n) is 10.0. The third kappa shape index (κ3) is 5.50. The van der Waals surface area contributed by atoms with E-state index in [0.717, 1.165) is 29.6 Å². The molecule has 0 N–H and O–H groups in total. The number of unbranched alkanes of at least 4 members (excludes halogenated alkanes) is 7. The zero-order valence-electron chi connectivity index (χ0n) is 17.4. The normalized spacial score (nSPS) is 36.8. The fraction of sp³-hybridized carbons (Fsp3) is 0.960. The van der Waals surface area contributed by atoms with Crippen molar-refractivity contribution in [2.75, 3.05) is 0 Å². The first-order chi connectivity index (χ1) is 12.8. The number of hydrogen-bond donors (Lipinski definition) is 0. The molecule has 26 heavy (non-hydrogen) atoms. The Morgan fingerprint density at radius 1 is 0.692 bits per heavy atom. The van der Waals surface area contributed by atoms with E-state index in [-0.39, 0.29) is 0 Å². The molecule has 6 unspecified atom stereocenters. The highest BCUT2D eigenvalue weighted by Gasteiger charge is 2.44. The summed E-state index contributed by atoms with van der Waals surface area (Å²) in [7, 11) is 0. The van der Waals surface area contributed by atoms with Gasteiger partial charge in [0.25, 0.3) is 0 Å². The summed E-state index contributed by atoms with van der Waals surface area (Å²) in [4.78, 5) is 0. The van der Waals surface area contributed by atoms with E-state index in [1.807, 2.05) is 0 Å².